The molecule has 4 heteroatoms. The summed E-state index contributed by atoms with van der Waals surface area (Å²) >= 11 is 7.10. The van der Waals surface area contributed by atoms with Gasteiger partial charge in [0.15, 0.2) is -0.441 Å². The van der Waals surface area contributed by atoms with E-state index in [4.69, 9.17) is 0 Å². The van der Waals surface area contributed by atoms with Crippen LogP contribution in [0.1, 0.15) is 0 Å². The van der Waals surface area contributed by atoms with Crippen molar-refractivity contribution < 1.29 is 0 Å². The first-order valence-corrected chi connectivity index (χ1v) is 4.92. The minimum Gasteiger partial charge on any atom is -0.279 e. The highest BCUT2D eigenvalue weighted by Crippen LogP contribution is 2.36. The number of rotatable bonds is 1. The quantitative estimate of drug-likeness (QED) is 0.347. The maximum atomic E-state index is 2.37. The van der Waals surface area contributed by atoms with Crippen LogP contribution >= 0.6 is 67.8 Å². The molecule has 0 radical (unpaired) electrons. The molecular weight excluding hydrogens is 431 g/mol. The largest absolute Gasteiger partial charge is 0.279 e. The summed E-state index contributed by atoms with van der Waals surface area (Å²) in [6.07, 6.45) is 0. The van der Waals surface area contributed by atoms with Crippen molar-refractivity contribution in [2.75, 3.05) is 14.1 Å². The molecule has 0 atom stereocenters. The molecule has 0 aromatic heterocycles. The molecule has 0 aromatic rings. The Morgan fingerprint density at radius 2 is 1.29 bits per heavy atom. The van der Waals surface area contributed by atoms with Crippen LogP contribution in [0.5, 0.6) is 0 Å². The molecule has 44 valence electrons. The molecular formula is C3H6I3N. The molecule has 7 heavy (non-hydrogen) atoms. The Labute approximate surface area is 85.0 Å². The minimum absolute atomic E-state index is 0.243. The molecule has 0 aliphatic rings. The molecule has 1 nitrogen and oxygen atoms in total. The molecule has 0 saturated heterocycles. The van der Waals surface area contributed by atoms with E-state index in [0.717, 1.165) is 0 Å². The predicted octanol–water partition coefficient (Wildman–Crippen LogP) is 2.46. The first-order valence-electron chi connectivity index (χ1n) is 1.68. The summed E-state index contributed by atoms with van der Waals surface area (Å²) in [6, 6.07) is 0. The Kier molecular flexibility index (Phi) is 4.38. The molecule has 0 rings (SSSR count). The van der Waals surface area contributed by atoms with Gasteiger partial charge in [-0.05, 0) is 81.9 Å². The van der Waals surface area contributed by atoms with E-state index in [1.54, 1.807) is 0 Å². The normalized spacial score (nSPS) is 12.9. The second-order valence-corrected chi connectivity index (χ2v) is 12.2. The first kappa shape index (κ1) is 9.15. The Balaban J connectivity index is 3.54. The average Bonchev–Trinajstić information content (AvgIpc) is 1.31. The zero-order chi connectivity index (χ0) is 6.08. The second kappa shape index (κ2) is 3.35. The lowest BCUT2D eigenvalue weighted by Crippen LogP contribution is -2.24. The van der Waals surface area contributed by atoms with Gasteiger partial charge in [0.25, 0.3) is 0 Å². The SMILES string of the molecule is CN(C)C(I)(I)I. The van der Waals surface area contributed by atoms with Gasteiger partial charge < -0.3 is 0 Å². The van der Waals surface area contributed by atoms with Crippen LogP contribution in [0.4, 0.5) is 0 Å². The van der Waals surface area contributed by atoms with Gasteiger partial charge in [-0.25, -0.2) is 0 Å². The number of nitrogens with zero attached hydrogens (tertiary/aromatic N) is 1. The van der Waals surface area contributed by atoms with Crippen molar-refractivity contribution in [2.45, 2.75) is -0.441 Å². The second-order valence-electron chi connectivity index (χ2n) is 1.36. The van der Waals surface area contributed by atoms with E-state index in [1.807, 2.05) is 0 Å². The molecule has 0 aliphatic carbocycles. The van der Waals surface area contributed by atoms with Gasteiger partial charge in [-0.15, -0.1) is 0 Å². The van der Waals surface area contributed by atoms with Crippen LogP contribution in [0.25, 0.3) is 0 Å². The van der Waals surface area contributed by atoms with Gasteiger partial charge in [-0.1, -0.05) is 0 Å². The third-order valence-corrected chi connectivity index (χ3v) is 3.40. The fourth-order valence-corrected chi connectivity index (χ4v) is 0. The monoisotopic (exact) mass is 437 g/mol. The van der Waals surface area contributed by atoms with E-state index < -0.39 is 0 Å². The molecule has 0 amide bonds. The third-order valence-electron chi connectivity index (χ3n) is 0.507. The molecule has 0 fully saturated rings. The Morgan fingerprint density at radius 1 is 1.14 bits per heavy atom. The third kappa shape index (κ3) is 4.64. The van der Waals surface area contributed by atoms with Crippen molar-refractivity contribution in [3.63, 3.8) is 0 Å². The summed E-state index contributed by atoms with van der Waals surface area (Å²) in [6.45, 7) is 0. The van der Waals surface area contributed by atoms with E-state index in [2.05, 4.69) is 86.8 Å². The highest BCUT2D eigenvalue weighted by atomic mass is 127. The standard InChI is InChI=1S/C3H6I3N/c1-7(2)3(4,5)6/h1-2H3. The molecule has 0 N–H and O–H groups in total. The number of hydrogen-bond donors (Lipinski definition) is 0. The fraction of sp³-hybridized carbons (Fsp3) is 1.00. The van der Waals surface area contributed by atoms with E-state index >= 15 is 0 Å². The van der Waals surface area contributed by atoms with Crippen molar-refractivity contribution in [3.05, 3.63) is 0 Å². The highest BCUT2D eigenvalue weighted by molar-refractivity contribution is 14.3. The molecule has 0 aliphatic heterocycles. The average molecular weight is 437 g/mol. The summed E-state index contributed by atoms with van der Waals surface area (Å²) in [7, 11) is 4.12. The van der Waals surface area contributed by atoms with Gasteiger partial charge in [-0.3, -0.25) is 4.90 Å². The van der Waals surface area contributed by atoms with Gasteiger partial charge >= 0.3 is 0 Å². The molecule has 0 aromatic carbocycles. The van der Waals surface area contributed by atoms with E-state index in [1.165, 1.54) is 0 Å². The predicted molar refractivity (Wildman–Crippen MR) is 58.5 cm³/mol. The summed E-state index contributed by atoms with van der Waals surface area (Å²) < 4.78 is 0.243. The van der Waals surface area contributed by atoms with E-state index in [9.17, 15) is 0 Å². The lowest BCUT2D eigenvalue weighted by atomic mass is 11.0. The van der Waals surface area contributed by atoms with Crippen molar-refractivity contribution >= 4 is 67.8 Å². The lowest BCUT2D eigenvalue weighted by molar-refractivity contribution is 0.472. The van der Waals surface area contributed by atoms with Gasteiger partial charge in [-0.2, -0.15) is 0 Å². The van der Waals surface area contributed by atoms with Crippen LogP contribution in [0.15, 0.2) is 0 Å². The Hall–Kier alpha value is 2.15. The molecule has 0 unspecified atom stereocenters. The number of halogens is 3. The molecule has 0 heterocycles. The maximum absolute atomic E-state index is 2.37. The first-order chi connectivity index (χ1) is 2.94. The summed E-state index contributed by atoms with van der Waals surface area (Å²) in [4.78, 5) is 2.15. The Morgan fingerprint density at radius 3 is 1.29 bits per heavy atom. The van der Waals surface area contributed by atoms with Crippen LogP contribution < -0.4 is 0 Å². The number of hydrogen-bond acceptors (Lipinski definition) is 1. The van der Waals surface area contributed by atoms with E-state index in [-0.39, 0.29) is -0.441 Å². The van der Waals surface area contributed by atoms with E-state index in [0.29, 0.717) is 0 Å². The van der Waals surface area contributed by atoms with Crippen molar-refractivity contribution in [1.82, 2.24) is 4.90 Å². The zero-order valence-electron chi connectivity index (χ0n) is 4.08. The van der Waals surface area contributed by atoms with Crippen LogP contribution in [0.3, 0.4) is 0 Å². The fourth-order valence-electron chi connectivity index (χ4n) is 0. The van der Waals surface area contributed by atoms with Crippen LogP contribution in [-0.2, 0) is 0 Å². The molecule has 0 bridgehead atoms. The molecule has 0 saturated carbocycles. The summed E-state index contributed by atoms with van der Waals surface area (Å²) in [5.74, 6) is 0. The van der Waals surface area contributed by atoms with Gasteiger partial charge in [0.05, 0.1) is 0 Å². The van der Waals surface area contributed by atoms with Gasteiger partial charge in [0.1, 0.15) is 0 Å². The number of alkyl halides is 3. The zero-order valence-corrected chi connectivity index (χ0v) is 10.6. The van der Waals surface area contributed by atoms with Crippen LogP contribution in [0, 0.1) is 0 Å². The summed E-state index contributed by atoms with van der Waals surface area (Å²) in [5.41, 5.74) is 0. The smallest absolute Gasteiger partial charge is 0.175 e. The van der Waals surface area contributed by atoms with Crippen molar-refractivity contribution in [2.24, 2.45) is 0 Å². The van der Waals surface area contributed by atoms with Gasteiger partial charge in [0, 0.05) is 0 Å². The van der Waals surface area contributed by atoms with Crippen LogP contribution in [0.2, 0.25) is 0 Å². The summed E-state index contributed by atoms with van der Waals surface area (Å²) in [5, 5.41) is 0. The maximum Gasteiger partial charge on any atom is 0.175 e. The Bertz CT molecular complexity index is 55.7. The minimum atomic E-state index is 0.243. The van der Waals surface area contributed by atoms with Crippen molar-refractivity contribution in [3.8, 4) is 0 Å². The highest BCUT2D eigenvalue weighted by Gasteiger charge is 2.18. The topological polar surface area (TPSA) is 3.24 Å². The van der Waals surface area contributed by atoms with Crippen molar-refractivity contribution in [1.29, 1.82) is 0 Å². The molecule has 0 spiro atoms. The van der Waals surface area contributed by atoms with Crippen LogP contribution in [-0.4, -0.2) is 18.6 Å². The van der Waals surface area contributed by atoms with Gasteiger partial charge in [0.2, 0.25) is 0 Å². The lowest BCUT2D eigenvalue weighted by Gasteiger charge is -2.20.